The fourth-order valence-corrected chi connectivity index (χ4v) is 5.94. The van der Waals surface area contributed by atoms with E-state index in [1.54, 1.807) is 33.0 Å². The van der Waals surface area contributed by atoms with Gasteiger partial charge in [0.25, 0.3) is 5.91 Å². The average molecular weight is 611 g/mol. The molecule has 5 rings (SSSR count). The average Bonchev–Trinajstić information content (AvgIpc) is 3.50. The molecule has 11 nitrogen and oxygen atoms in total. The zero-order chi connectivity index (χ0) is 30.2. The highest BCUT2D eigenvalue weighted by molar-refractivity contribution is 7.11. The Bertz CT molecular complexity index is 1450. The van der Waals surface area contributed by atoms with Crippen molar-refractivity contribution in [3.8, 4) is 0 Å². The second-order valence-electron chi connectivity index (χ2n) is 11.6. The maximum absolute atomic E-state index is 13.7. The van der Waals surface area contributed by atoms with E-state index in [9.17, 15) is 22.8 Å². The van der Waals surface area contributed by atoms with E-state index < -0.39 is 35.7 Å². The number of nitrogens with two attached hydrogens (primary N) is 1. The number of nitrogens with zero attached hydrogens (tertiary/aromatic N) is 3. The third kappa shape index (κ3) is 6.79. The number of ether oxygens (including phenoxy) is 2. The van der Waals surface area contributed by atoms with Gasteiger partial charge >= 0.3 is 12.3 Å². The van der Waals surface area contributed by atoms with Gasteiger partial charge in [-0.25, -0.2) is 4.79 Å². The molecule has 2 amide bonds. The van der Waals surface area contributed by atoms with Crippen LogP contribution in [0.1, 0.15) is 61.9 Å². The molecular weight excluding hydrogens is 577 g/mol. The van der Waals surface area contributed by atoms with Gasteiger partial charge in [-0.15, -0.1) is 0 Å². The molecular formula is C27H33F3N6O5S. The van der Waals surface area contributed by atoms with Gasteiger partial charge < -0.3 is 29.8 Å². The monoisotopic (exact) mass is 610 g/mol. The summed E-state index contributed by atoms with van der Waals surface area (Å²) < 4.78 is 61.5. The van der Waals surface area contributed by atoms with Crippen molar-refractivity contribution in [2.75, 3.05) is 41.8 Å². The topological polar surface area (TPSA) is 145 Å². The van der Waals surface area contributed by atoms with Crippen molar-refractivity contribution in [2.45, 2.75) is 63.8 Å². The first-order chi connectivity index (χ1) is 19.8. The van der Waals surface area contributed by atoms with Crippen LogP contribution in [-0.2, 0) is 9.47 Å². The van der Waals surface area contributed by atoms with E-state index in [2.05, 4.69) is 20.0 Å². The standard InChI is InChI=1S/C27H33F3N6O5S/c1-26(2,3)41-25(38)35-23-20(21-19(40-23)8-15(10-32-21)14-4-6-39-7-5-14)22(37)34-18-11-33-42-24(18)36-12-16(27(28,29)30)9-17(31)13-36/h8,10-11,14,16-17H,4-7,9,12-13,31H2,1-3H3,(H,34,37)(H,35,38)/t16-,17+/m1/s1. The van der Waals surface area contributed by atoms with E-state index in [-0.39, 0.29) is 53.7 Å². The van der Waals surface area contributed by atoms with Gasteiger partial charge in [0.1, 0.15) is 21.7 Å². The number of carbonyl (C=O) groups excluding carboxylic acids is 2. The highest BCUT2D eigenvalue weighted by Crippen LogP contribution is 2.39. The summed E-state index contributed by atoms with van der Waals surface area (Å²) in [6.07, 6.45) is -0.757. The van der Waals surface area contributed by atoms with Crippen molar-refractivity contribution in [2.24, 2.45) is 11.7 Å². The highest BCUT2D eigenvalue weighted by atomic mass is 32.1. The van der Waals surface area contributed by atoms with Crippen LogP contribution in [0.15, 0.2) is 22.9 Å². The van der Waals surface area contributed by atoms with Gasteiger partial charge in [0, 0.05) is 38.5 Å². The minimum atomic E-state index is -4.41. The molecule has 2 fully saturated rings. The number of amides is 2. The Morgan fingerprint density at radius 1 is 1.14 bits per heavy atom. The summed E-state index contributed by atoms with van der Waals surface area (Å²) in [6.45, 7) is 6.21. The largest absolute Gasteiger partial charge is 0.444 e. The first-order valence-corrected chi connectivity index (χ1v) is 14.4. The van der Waals surface area contributed by atoms with Gasteiger partial charge in [-0.05, 0) is 69.1 Å². The van der Waals surface area contributed by atoms with Gasteiger partial charge in [0.15, 0.2) is 5.58 Å². The Balaban J connectivity index is 1.45. The lowest BCUT2D eigenvalue weighted by molar-refractivity contribution is -0.177. The van der Waals surface area contributed by atoms with Crippen molar-refractivity contribution < 1.29 is 36.7 Å². The van der Waals surface area contributed by atoms with Crippen molar-refractivity contribution in [1.29, 1.82) is 0 Å². The van der Waals surface area contributed by atoms with Crippen LogP contribution in [0.3, 0.4) is 0 Å². The van der Waals surface area contributed by atoms with Crippen LogP contribution in [0.4, 0.5) is 34.5 Å². The summed E-state index contributed by atoms with van der Waals surface area (Å²) in [5.41, 5.74) is 6.70. The van der Waals surface area contributed by atoms with E-state index >= 15 is 0 Å². The molecule has 228 valence electrons. The summed E-state index contributed by atoms with van der Waals surface area (Å²) in [5, 5.41) is 5.58. The number of halogens is 3. The second-order valence-corrected chi connectivity index (χ2v) is 12.4. The molecule has 2 aliphatic rings. The van der Waals surface area contributed by atoms with Crippen LogP contribution >= 0.6 is 11.5 Å². The quantitative estimate of drug-likeness (QED) is 0.341. The summed E-state index contributed by atoms with van der Waals surface area (Å²) in [6, 6.07) is 1.09. The third-order valence-corrected chi connectivity index (χ3v) is 7.98. The van der Waals surface area contributed by atoms with Crippen molar-refractivity contribution in [1.82, 2.24) is 9.36 Å². The molecule has 2 atom stereocenters. The Kier molecular flexibility index (Phi) is 8.36. The van der Waals surface area contributed by atoms with E-state index in [0.717, 1.165) is 29.9 Å². The number of carbonyl (C=O) groups is 2. The fourth-order valence-electron chi connectivity index (χ4n) is 5.22. The maximum atomic E-state index is 13.7. The second kappa shape index (κ2) is 11.7. The minimum absolute atomic E-state index is 0.0601. The molecule has 15 heteroatoms. The van der Waals surface area contributed by atoms with Crippen LogP contribution in [-0.4, -0.2) is 65.5 Å². The lowest BCUT2D eigenvalue weighted by atomic mass is 9.93. The van der Waals surface area contributed by atoms with Gasteiger partial charge in [-0.1, -0.05) is 0 Å². The number of hydrogen-bond acceptors (Lipinski definition) is 10. The third-order valence-electron chi connectivity index (χ3n) is 7.12. The fraction of sp³-hybridized carbons (Fsp3) is 0.556. The molecule has 0 saturated carbocycles. The lowest BCUT2D eigenvalue weighted by Gasteiger charge is -2.37. The molecule has 0 aliphatic carbocycles. The predicted octanol–water partition coefficient (Wildman–Crippen LogP) is 5.49. The number of piperidine rings is 1. The summed E-state index contributed by atoms with van der Waals surface area (Å²) >= 11 is 0.952. The SMILES string of the molecule is CC(C)(C)OC(=O)Nc1oc2cc(C3CCOCC3)cnc2c1C(=O)Nc1cnsc1N1C[C@@H](N)C[C@@H](C(F)(F)F)C1. The number of alkyl halides is 3. The highest BCUT2D eigenvalue weighted by Gasteiger charge is 2.44. The molecule has 2 aliphatic heterocycles. The van der Waals surface area contributed by atoms with Gasteiger partial charge in [0.05, 0.1) is 17.8 Å². The zero-order valence-electron chi connectivity index (χ0n) is 23.4. The zero-order valence-corrected chi connectivity index (χ0v) is 24.2. The molecule has 0 unspecified atom stereocenters. The number of anilines is 3. The maximum Gasteiger partial charge on any atom is 0.414 e. The summed E-state index contributed by atoms with van der Waals surface area (Å²) in [4.78, 5) is 32.4. The Morgan fingerprint density at radius 2 is 1.88 bits per heavy atom. The van der Waals surface area contributed by atoms with E-state index in [1.807, 2.05) is 0 Å². The predicted molar refractivity (Wildman–Crippen MR) is 151 cm³/mol. The molecule has 0 radical (unpaired) electrons. The molecule has 2 saturated heterocycles. The normalized spacial score (nSPS) is 20.5. The number of fused-ring (bicyclic) bond motifs is 1. The molecule has 42 heavy (non-hydrogen) atoms. The van der Waals surface area contributed by atoms with Crippen molar-refractivity contribution in [3.63, 3.8) is 0 Å². The Morgan fingerprint density at radius 3 is 2.57 bits per heavy atom. The number of rotatable bonds is 5. The van der Waals surface area contributed by atoms with Crippen LogP contribution in [0.2, 0.25) is 0 Å². The first-order valence-electron chi connectivity index (χ1n) is 13.6. The summed E-state index contributed by atoms with van der Waals surface area (Å²) in [7, 11) is 0. The number of pyridine rings is 1. The van der Waals surface area contributed by atoms with E-state index in [1.165, 1.54) is 11.1 Å². The van der Waals surface area contributed by atoms with Crippen LogP contribution < -0.4 is 21.3 Å². The molecule has 4 N–H and O–H groups in total. The number of nitrogens with one attached hydrogen (secondary N) is 2. The minimum Gasteiger partial charge on any atom is -0.444 e. The van der Waals surface area contributed by atoms with Crippen LogP contribution in [0.25, 0.3) is 11.1 Å². The van der Waals surface area contributed by atoms with Gasteiger partial charge in [0.2, 0.25) is 5.88 Å². The van der Waals surface area contributed by atoms with Crippen LogP contribution in [0, 0.1) is 5.92 Å². The smallest absolute Gasteiger partial charge is 0.414 e. The molecule has 5 heterocycles. The number of hydrogen-bond donors (Lipinski definition) is 3. The number of aromatic nitrogens is 2. The van der Waals surface area contributed by atoms with Gasteiger partial charge in [-0.2, -0.15) is 17.5 Å². The lowest BCUT2D eigenvalue weighted by Crippen LogP contribution is -2.51. The molecule has 0 spiro atoms. The van der Waals surface area contributed by atoms with Gasteiger partial charge in [-0.3, -0.25) is 15.1 Å². The first kappa shape index (κ1) is 30.0. The Hall–Kier alpha value is -3.43. The van der Waals surface area contributed by atoms with Crippen molar-refractivity contribution in [3.05, 3.63) is 29.6 Å². The number of furan rings is 1. The molecule has 0 aromatic carbocycles. The summed E-state index contributed by atoms with van der Waals surface area (Å²) in [5.74, 6) is -2.27. The Labute approximate surface area is 244 Å². The van der Waals surface area contributed by atoms with E-state index in [4.69, 9.17) is 19.6 Å². The molecule has 0 bridgehead atoms. The van der Waals surface area contributed by atoms with Crippen molar-refractivity contribution >= 4 is 51.2 Å². The van der Waals surface area contributed by atoms with Crippen LogP contribution in [0.5, 0.6) is 0 Å². The molecule has 3 aromatic heterocycles. The van der Waals surface area contributed by atoms with E-state index in [0.29, 0.717) is 18.2 Å². The molecule has 3 aromatic rings.